The molecule has 0 radical (unpaired) electrons. The van der Waals surface area contributed by atoms with E-state index in [0.29, 0.717) is 21.7 Å². The average molecular weight is 342 g/mol. The van der Waals surface area contributed by atoms with Crippen LogP contribution in [0.1, 0.15) is 27.0 Å². The lowest BCUT2D eigenvalue weighted by Crippen LogP contribution is -2.23. The smallest absolute Gasteiger partial charge is 0.336 e. The van der Waals surface area contributed by atoms with Crippen molar-refractivity contribution in [2.45, 2.75) is 20.4 Å². The molecule has 0 bridgehead atoms. The standard InChI is InChI=1S/C19H16ClNO3/c1-11-7-12(2)18-15(8-11)13(9-17(22)24-18)10-21-19(23)14-5-3-4-6-16(14)20/h3-9H,10H2,1-2H3,(H,21,23). The maximum Gasteiger partial charge on any atom is 0.336 e. The predicted molar refractivity (Wildman–Crippen MR) is 94.6 cm³/mol. The highest BCUT2D eigenvalue weighted by molar-refractivity contribution is 6.33. The first-order chi connectivity index (χ1) is 11.5. The summed E-state index contributed by atoms with van der Waals surface area (Å²) in [6.45, 7) is 4.09. The zero-order chi connectivity index (χ0) is 17.3. The third-order valence-corrected chi connectivity index (χ3v) is 4.15. The van der Waals surface area contributed by atoms with E-state index in [1.54, 1.807) is 24.3 Å². The molecule has 0 saturated heterocycles. The normalized spacial score (nSPS) is 10.8. The van der Waals surface area contributed by atoms with Gasteiger partial charge >= 0.3 is 5.63 Å². The number of rotatable bonds is 3. The van der Waals surface area contributed by atoms with E-state index in [4.69, 9.17) is 16.0 Å². The topological polar surface area (TPSA) is 59.3 Å². The minimum absolute atomic E-state index is 0.217. The van der Waals surface area contributed by atoms with Crippen molar-refractivity contribution in [2.24, 2.45) is 0 Å². The molecule has 0 aliphatic heterocycles. The van der Waals surface area contributed by atoms with E-state index >= 15 is 0 Å². The van der Waals surface area contributed by atoms with Crippen LogP contribution in [-0.2, 0) is 6.54 Å². The van der Waals surface area contributed by atoms with Gasteiger partial charge in [-0.2, -0.15) is 0 Å². The Bertz CT molecular complexity index is 992. The number of hydrogen-bond acceptors (Lipinski definition) is 3. The maximum atomic E-state index is 12.3. The highest BCUT2D eigenvalue weighted by atomic mass is 35.5. The summed E-state index contributed by atoms with van der Waals surface area (Å²) in [5.74, 6) is -0.286. The SMILES string of the molecule is Cc1cc(C)c2oc(=O)cc(CNC(=O)c3ccccc3Cl)c2c1. The summed E-state index contributed by atoms with van der Waals surface area (Å²) in [6, 6.07) is 12.1. The van der Waals surface area contributed by atoms with Crippen LogP contribution >= 0.6 is 11.6 Å². The minimum Gasteiger partial charge on any atom is -0.422 e. The molecular weight excluding hydrogens is 326 g/mol. The lowest BCUT2D eigenvalue weighted by Gasteiger charge is -2.10. The number of aryl methyl sites for hydroxylation is 2. The monoisotopic (exact) mass is 341 g/mol. The molecule has 3 rings (SSSR count). The van der Waals surface area contributed by atoms with E-state index < -0.39 is 5.63 Å². The number of carbonyl (C=O) groups is 1. The van der Waals surface area contributed by atoms with Crippen molar-refractivity contribution in [1.29, 1.82) is 0 Å². The van der Waals surface area contributed by atoms with Crippen molar-refractivity contribution in [3.63, 3.8) is 0 Å². The Kier molecular flexibility index (Phi) is 4.40. The molecule has 0 saturated carbocycles. The minimum atomic E-state index is -0.434. The predicted octanol–water partition coefficient (Wildman–Crippen LogP) is 3.99. The molecule has 0 atom stereocenters. The summed E-state index contributed by atoms with van der Waals surface area (Å²) in [5.41, 5.74) is 3.19. The molecule has 1 amide bonds. The fourth-order valence-electron chi connectivity index (χ4n) is 2.74. The lowest BCUT2D eigenvalue weighted by atomic mass is 10.0. The maximum absolute atomic E-state index is 12.3. The molecule has 1 N–H and O–H groups in total. The van der Waals surface area contributed by atoms with Gasteiger partial charge < -0.3 is 9.73 Å². The largest absolute Gasteiger partial charge is 0.422 e. The summed E-state index contributed by atoms with van der Waals surface area (Å²) < 4.78 is 5.31. The second-order valence-corrected chi connectivity index (χ2v) is 6.12. The second kappa shape index (κ2) is 6.49. The number of fused-ring (bicyclic) bond motifs is 1. The van der Waals surface area contributed by atoms with Gasteiger partial charge in [0.15, 0.2) is 0 Å². The Morgan fingerprint density at radius 2 is 1.92 bits per heavy atom. The van der Waals surface area contributed by atoms with Gasteiger partial charge in [0.1, 0.15) is 5.58 Å². The molecule has 2 aromatic carbocycles. The second-order valence-electron chi connectivity index (χ2n) is 5.71. The molecule has 122 valence electrons. The molecule has 1 heterocycles. The van der Waals surface area contributed by atoms with Crippen molar-refractivity contribution in [3.05, 3.63) is 80.2 Å². The molecule has 0 fully saturated rings. The van der Waals surface area contributed by atoms with E-state index in [2.05, 4.69) is 5.32 Å². The van der Waals surface area contributed by atoms with Crippen LogP contribution in [0, 0.1) is 13.8 Å². The summed E-state index contributed by atoms with van der Waals surface area (Å²) in [7, 11) is 0. The van der Waals surface area contributed by atoms with Gasteiger partial charge in [-0.05, 0) is 48.7 Å². The molecular formula is C19H16ClNO3. The Labute approximate surface area is 144 Å². The van der Waals surface area contributed by atoms with Crippen molar-refractivity contribution < 1.29 is 9.21 Å². The van der Waals surface area contributed by atoms with Crippen LogP contribution in [0.5, 0.6) is 0 Å². The van der Waals surface area contributed by atoms with E-state index in [9.17, 15) is 9.59 Å². The van der Waals surface area contributed by atoms with Crippen LogP contribution in [0.2, 0.25) is 5.02 Å². The quantitative estimate of drug-likeness (QED) is 0.733. The molecule has 1 aromatic heterocycles. The van der Waals surface area contributed by atoms with E-state index in [1.165, 1.54) is 6.07 Å². The first-order valence-electron chi connectivity index (χ1n) is 7.52. The van der Waals surface area contributed by atoms with Gasteiger partial charge in [0.05, 0.1) is 10.6 Å². The van der Waals surface area contributed by atoms with Gasteiger partial charge in [-0.15, -0.1) is 0 Å². The summed E-state index contributed by atoms with van der Waals surface area (Å²) in [4.78, 5) is 24.1. The number of halogens is 1. The van der Waals surface area contributed by atoms with Crippen molar-refractivity contribution in [2.75, 3.05) is 0 Å². The summed E-state index contributed by atoms with van der Waals surface area (Å²) in [6.07, 6.45) is 0. The Balaban J connectivity index is 1.95. The van der Waals surface area contributed by atoms with Crippen molar-refractivity contribution in [1.82, 2.24) is 5.32 Å². The number of nitrogens with one attached hydrogen (secondary N) is 1. The highest BCUT2D eigenvalue weighted by Crippen LogP contribution is 2.23. The van der Waals surface area contributed by atoms with Gasteiger partial charge in [0.25, 0.3) is 5.91 Å². The Morgan fingerprint density at radius 1 is 1.17 bits per heavy atom. The highest BCUT2D eigenvalue weighted by Gasteiger charge is 2.12. The lowest BCUT2D eigenvalue weighted by molar-refractivity contribution is 0.0951. The fraction of sp³-hybridized carbons (Fsp3) is 0.158. The molecule has 0 unspecified atom stereocenters. The van der Waals surface area contributed by atoms with Gasteiger partial charge in [-0.3, -0.25) is 4.79 Å². The van der Waals surface area contributed by atoms with Gasteiger partial charge in [0, 0.05) is 18.0 Å². The van der Waals surface area contributed by atoms with Gasteiger partial charge in [-0.25, -0.2) is 4.79 Å². The summed E-state index contributed by atoms with van der Waals surface area (Å²) >= 11 is 6.04. The number of carbonyl (C=O) groups excluding carboxylic acids is 1. The third kappa shape index (κ3) is 3.19. The molecule has 24 heavy (non-hydrogen) atoms. The number of hydrogen-bond donors (Lipinski definition) is 1. The molecule has 5 heteroatoms. The molecule has 3 aromatic rings. The third-order valence-electron chi connectivity index (χ3n) is 3.82. The van der Waals surface area contributed by atoms with E-state index in [1.807, 2.05) is 26.0 Å². The Morgan fingerprint density at radius 3 is 2.67 bits per heavy atom. The number of benzene rings is 2. The summed E-state index contributed by atoms with van der Waals surface area (Å²) in [5, 5.41) is 4.02. The van der Waals surface area contributed by atoms with Crippen LogP contribution < -0.4 is 10.9 Å². The molecule has 4 nitrogen and oxygen atoms in total. The van der Waals surface area contributed by atoms with E-state index in [0.717, 1.165) is 16.5 Å². The van der Waals surface area contributed by atoms with Crippen LogP contribution in [0.15, 0.2) is 51.7 Å². The van der Waals surface area contributed by atoms with E-state index in [-0.39, 0.29) is 12.5 Å². The average Bonchev–Trinajstić information content (AvgIpc) is 2.53. The molecule has 0 aliphatic rings. The molecule has 0 spiro atoms. The van der Waals surface area contributed by atoms with Gasteiger partial charge in [0.2, 0.25) is 0 Å². The van der Waals surface area contributed by atoms with Crippen LogP contribution in [0.4, 0.5) is 0 Å². The van der Waals surface area contributed by atoms with Crippen molar-refractivity contribution >= 4 is 28.5 Å². The zero-order valence-corrected chi connectivity index (χ0v) is 14.1. The van der Waals surface area contributed by atoms with Crippen LogP contribution in [0.25, 0.3) is 11.0 Å². The Hall–Kier alpha value is -2.59. The fourth-order valence-corrected chi connectivity index (χ4v) is 2.96. The van der Waals surface area contributed by atoms with Crippen molar-refractivity contribution in [3.8, 4) is 0 Å². The molecule has 0 aliphatic carbocycles. The first-order valence-corrected chi connectivity index (χ1v) is 7.90. The zero-order valence-electron chi connectivity index (χ0n) is 13.4. The van der Waals surface area contributed by atoms with Gasteiger partial charge in [-0.1, -0.05) is 29.8 Å². The first kappa shape index (κ1) is 16.3. The number of amides is 1. The van der Waals surface area contributed by atoms with Crippen LogP contribution in [-0.4, -0.2) is 5.91 Å². The van der Waals surface area contributed by atoms with Crippen LogP contribution in [0.3, 0.4) is 0 Å².